The van der Waals surface area contributed by atoms with Gasteiger partial charge in [-0.25, -0.2) is 0 Å². The summed E-state index contributed by atoms with van der Waals surface area (Å²) in [7, 11) is 0. The maximum Gasteiger partial charge on any atom is 0.157 e. The van der Waals surface area contributed by atoms with Crippen molar-refractivity contribution < 1.29 is 14.6 Å². The highest BCUT2D eigenvalue weighted by Gasteiger charge is 2.12. The Balaban J connectivity index is 1.93. The summed E-state index contributed by atoms with van der Waals surface area (Å²) in [5.41, 5.74) is 0. The van der Waals surface area contributed by atoms with Gasteiger partial charge in [0, 0.05) is 13.2 Å². The minimum absolute atomic E-state index is 0.00519. The molecule has 1 atom stereocenters. The van der Waals surface area contributed by atoms with Crippen LogP contribution >= 0.6 is 0 Å². The van der Waals surface area contributed by atoms with Gasteiger partial charge >= 0.3 is 0 Å². The summed E-state index contributed by atoms with van der Waals surface area (Å²) in [6.45, 7) is 1.70. The number of allylic oxidation sites excluding steroid dienone is 4. The molecule has 1 aliphatic rings. The molecule has 1 fully saturated rings. The van der Waals surface area contributed by atoms with E-state index in [1.54, 1.807) is 0 Å². The lowest BCUT2D eigenvalue weighted by molar-refractivity contribution is -0.155. The molecule has 108 valence electrons. The smallest absolute Gasteiger partial charge is 0.157 e. The van der Waals surface area contributed by atoms with E-state index in [0.717, 1.165) is 38.7 Å². The quantitative estimate of drug-likeness (QED) is 0.650. The summed E-state index contributed by atoms with van der Waals surface area (Å²) in [5.74, 6) is 0. The van der Waals surface area contributed by atoms with Crippen molar-refractivity contribution in [2.45, 2.75) is 44.8 Å². The van der Waals surface area contributed by atoms with Crippen molar-refractivity contribution in [2.75, 3.05) is 19.8 Å². The fraction of sp³-hybridized carbons (Fsp3) is 0.625. The third-order valence-electron chi connectivity index (χ3n) is 2.86. The molecule has 3 heteroatoms. The van der Waals surface area contributed by atoms with Crippen LogP contribution < -0.4 is 0 Å². The predicted molar refractivity (Wildman–Crippen MR) is 77.9 cm³/mol. The molecule has 0 saturated carbocycles. The fourth-order valence-electron chi connectivity index (χ4n) is 1.81. The molecule has 1 N–H and O–H groups in total. The van der Waals surface area contributed by atoms with Crippen molar-refractivity contribution in [3.63, 3.8) is 0 Å². The van der Waals surface area contributed by atoms with Gasteiger partial charge in [0.15, 0.2) is 6.29 Å². The van der Waals surface area contributed by atoms with Crippen LogP contribution in [0.25, 0.3) is 0 Å². The van der Waals surface area contributed by atoms with Crippen LogP contribution in [0.15, 0.2) is 36.5 Å². The van der Waals surface area contributed by atoms with Crippen LogP contribution in [-0.2, 0) is 9.47 Å². The Bertz CT molecular complexity index is 276. The monoisotopic (exact) mass is 266 g/mol. The molecule has 1 rings (SSSR count). The molecule has 0 bridgehead atoms. The number of aliphatic hydroxyl groups is 1. The van der Waals surface area contributed by atoms with E-state index in [4.69, 9.17) is 14.6 Å². The average Bonchev–Trinajstić information content (AvgIpc) is 2.46. The second-order valence-electron chi connectivity index (χ2n) is 4.53. The second kappa shape index (κ2) is 12.2. The highest BCUT2D eigenvalue weighted by Crippen LogP contribution is 2.13. The van der Waals surface area contributed by atoms with Crippen LogP contribution in [0.2, 0.25) is 0 Å². The third kappa shape index (κ3) is 9.65. The number of ether oxygens (including phenoxy) is 2. The van der Waals surface area contributed by atoms with Gasteiger partial charge in [0.25, 0.3) is 0 Å². The van der Waals surface area contributed by atoms with Crippen LogP contribution in [0.5, 0.6) is 0 Å². The van der Waals surface area contributed by atoms with E-state index in [1.165, 1.54) is 6.42 Å². The molecule has 19 heavy (non-hydrogen) atoms. The Morgan fingerprint density at radius 2 is 1.74 bits per heavy atom. The van der Waals surface area contributed by atoms with Gasteiger partial charge in [0.2, 0.25) is 0 Å². The Hall–Kier alpha value is -0.900. The molecule has 3 nitrogen and oxygen atoms in total. The molecule has 0 amide bonds. The number of hydrogen-bond donors (Lipinski definition) is 1. The molecule has 1 saturated heterocycles. The molecule has 0 aromatic carbocycles. The van der Waals surface area contributed by atoms with E-state index in [1.807, 2.05) is 12.2 Å². The first-order valence-electron chi connectivity index (χ1n) is 7.22. The number of hydrogen-bond acceptors (Lipinski definition) is 3. The van der Waals surface area contributed by atoms with Crippen molar-refractivity contribution in [3.05, 3.63) is 36.5 Å². The Morgan fingerprint density at radius 3 is 2.42 bits per heavy atom. The summed E-state index contributed by atoms with van der Waals surface area (Å²) in [6.07, 6.45) is 18.5. The van der Waals surface area contributed by atoms with Gasteiger partial charge in [-0.1, -0.05) is 36.5 Å². The van der Waals surface area contributed by atoms with Crippen molar-refractivity contribution >= 4 is 0 Å². The maximum absolute atomic E-state index is 8.58. The van der Waals surface area contributed by atoms with Crippen LogP contribution in [0, 0.1) is 0 Å². The van der Waals surface area contributed by atoms with Crippen LogP contribution in [-0.4, -0.2) is 31.2 Å². The molecular formula is C16H26O3. The molecule has 0 aromatic heterocycles. The molecule has 1 aliphatic heterocycles. The zero-order valence-electron chi connectivity index (χ0n) is 11.7. The van der Waals surface area contributed by atoms with E-state index in [0.29, 0.717) is 6.61 Å². The first-order chi connectivity index (χ1) is 9.43. The Morgan fingerprint density at radius 1 is 1.00 bits per heavy atom. The molecule has 0 radical (unpaired) electrons. The standard InChI is InChI=1S/C16H26O3/c17-13-9-6-4-2-1-3-5-7-10-14-18-16-12-8-11-15-19-16/h1,3-4,6-7,10,16-17H,2,5,8-9,11-15H2/b3-1+,6-4+,10-7+. The van der Waals surface area contributed by atoms with E-state index >= 15 is 0 Å². The average molecular weight is 266 g/mol. The van der Waals surface area contributed by atoms with Gasteiger partial charge < -0.3 is 14.6 Å². The lowest BCUT2D eigenvalue weighted by Crippen LogP contribution is -2.22. The minimum atomic E-state index is 0.00519. The van der Waals surface area contributed by atoms with Crippen molar-refractivity contribution in [1.29, 1.82) is 0 Å². The van der Waals surface area contributed by atoms with E-state index in [-0.39, 0.29) is 12.9 Å². The first-order valence-corrected chi connectivity index (χ1v) is 7.22. The van der Waals surface area contributed by atoms with E-state index < -0.39 is 0 Å². The largest absolute Gasteiger partial charge is 0.396 e. The lowest BCUT2D eigenvalue weighted by atomic mass is 10.2. The van der Waals surface area contributed by atoms with Crippen LogP contribution in [0.3, 0.4) is 0 Å². The molecule has 0 aromatic rings. The van der Waals surface area contributed by atoms with E-state index in [2.05, 4.69) is 24.3 Å². The van der Waals surface area contributed by atoms with Gasteiger partial charge in [0.1, 0.15) is 0 Å². The fourth-order valence-corrected chi connectivity index (χ4v) is 1.81. The predicted octanol–water partition coefficient (Wildman–Crippen LogP) is 3.36. The summed E-state index contributed by atoms with van der Waals surface area (Å²) in [6, 6.07) is 0. The lowest BCUT2D eigenvalue weighted by Gasteiger charge is -2.21. The molecular weight excluding hydrogens is 240 g/mol. The highest BCUT2D eigenvalue weighted by atomic mass is 16.7. The SMILES string of the molecule is OCC/C=C/C/C=C/C/C=C/COC1CCCCO1. The Kier molecular flexibility index (Phi) is 10.3. The van der Waals surface area contributed by atoms with Gasteiger partial charge in [-0.15, -0.1) is 0 Å². The Labute approximate surface area is 116 Å². The van der Waals surface area contributed by atoms with E-state index in [9.17, 15) is 0 Å². The third-order valence-corrected chi connectivity index (χ3v) is 2.86. The van der Waals surface area contributed by atoms with Crippen molar-refractivity contribution in [1.82, 2.24) is 0 Å². The molecule has 1 unspecified atom stereocenters. The molecule has 0 aliphatic carbocycles. The van der Waals surface area contributed by atoms with Gasteiger partial charge in [0.05, 0.1) is 6.61 Å². The zero-order chi connectivity index (χ0) is 13.6. The zero-order valence-corrected chi connectivity index (χ0v) is 11.7. The minimum Gasteiger partial charge on any atom is -0.396 e. The number of aliphatic hydroxyl groups excluding tert-OH is 1. The summed E-state index contributed by atoms with van der Waals surface area (Å²) >= 11 is 0. The van der Waals surface area contributed by atoms with Gasteiger partial charge in [-0.05, 0) is 38.5 Å². The summed E-state index contributed by atoms with van der Waals surface area (Å²) < 4.78 is 11.1. The molecule has 0 spiro atoms. The summed E-state index contributed by atoms with van der Waals surface area (Å²) in [5, 5.41) is 8.58. The normalized spacial score (nSPS) is 21.0. The highest BCUT2D eigenvalue weighted by molar-refractivity contribution is 4.97. The van der Waals surface area contributed by atoms with Crippen molar-refractivity contribution in [2.24, 2.45) is 0 Å². The second-order valence-corrected chi connectivity index (χ2v) is 4.53. The molecule has 1 heterocycles. The first kappa shape index (κ1) is 16.2. The maximum atomic E-state index is 8.58. The van der Waals surface area contributed by atoms with Crippen LogP contribution in [0.4, 0.5) is 0 Å². The topological polar surface area (TPSA) is 38.7 Å². The van der Waals surface area contributed by atoms with Crippen molar-refractivity contribution in [3.8, 4) is 0 Å². The van der Waals surface area contributed by atoms with Gasteiger partial charge in [-0.2, -0.15) is 0 Å². The number of rotatable bonds is 9. The summed E-state index contributed by atoms with van der Waals surface area (Å²) in [4.78, 5) is 0. The van der Waals surface area contributed by atoms with Gasteiger partial charge in [-0.3, -0.25) is 0 Å². The van der Waals surface area contributed by atoms with Crippen LogP contribution in [0.1, 0.15) is 38.5 Å².